The molecule has 142 valence electrons. The molecule has 0 heterocycles. The van der Waals surface area contributed by atoms with Crippen LogP contribution in [-0.4, -0.2) is 24.8 Å². The fraction of sp³-hybridized carbons (Fsp3) is 0.952. The predicted molar refractivity (Wildman–Crippen MR) is 100 cm³/mol. The van der Waals surface area contributed by atoms with Crippen LogP contribution in [0.25, 0.3) is 0 Å². The Morgan fingerprint density at radius 1 is 1.12 bits per heavy atom. The third-order valence-electron chi connectivity index (χ3n) is 5.37. The summed E-state index contributed by atoms with van der Waals surface area (Å²) in [7, 11) is 0. The quantitative estimate of drug-likeness (QED) is 0.424. The van der Waals surface area contributed by atoms with Gasteiger partial charge in [0, 0.05) is 0 Å². The Kier molecular flexibility index (Phi) is 9.95. The van der Waals surface area contributed by atoms with Crippen LogP contribution in [0.5, 0.6) is 0 Å². The molecule has 24 heavy (non-hydrogen) atoms. The number of carbonyl (C=O) groups is 1. The fourth-order valence-corrected chi connectivity index (χ4v) is 4.05. The van der Waals surface area contributed by atoms with Crippen LogP contribution in [0.1, 0.15) is 92.4 Å². The maximum atomic E-state index is 13.0. The second-order valence-electron chi connectivity index (χ2n) is 7.96. The number of rotatable bonds is 12. The molecule has 1 saturated carbocycles. The van der Waals surface area contributed by atoms with E-state index in [1.54, 1.807) is 0 Å². The Labute approximate surface area is 149 Å². The van der Waals surface area contributed by atoms with E-state index in [0.29, 0.717) is 25.6 Å². The highest BCUT2D eigenvalue weighted by Crippen LogP contribution is 2.40. The highest BCUT2D eigenvalue weighted by Gasteiger charge is 2.47. The van der Waals surface area contributed by atoms with Gasteiger partial charge in [0.2, 0.25) is 0 Å². The summed E-state index contributed by atoms with van der Waals surface area (Å²) in [5.41, 5.74) is -0.752. The smallest absolute Gasteiger partial charge is 0.338 e. The van der Waals surface area contributed by atoms with Gasteiger partial charge in [0.05, 0.1) is 13.2 Å². The maximum absolute atomic E-state index is 13.0. The lowest BCUT2D eigenvalue weighted by Gasteiger charge is -2.39. The lowest BCUT2D eigenvalue weighted by Crippen LogP contribution is -2.50. The molecular formula is C21H40O3. The Hall–Kier alpha value is -0.570. The molecule has 1 aliphatic rings. The van der Waals surface area contributed by atoms with Gasteiger partial charge in [0.1, 0.15) is 0 Å². The third-order valence-corrected chi connectivity index (χ3v) is 5.37. The maximum Gasteiger partial charge on any atom is 0.338 e. The summed E-state index contributed by atoms with van der Waals surface area (Å²) >= 11 is 0. The van der Waals surface area contributed by atoms with E-state index >= 15 is 0 Å². The van der Waals surface area contributed by atoms with E-state index in [2.05, 4.69) is 27.7 Å². The Morgan fingerprint density at radius 3 is 2.29 bits per heavy atom. The molecule has 0 saturated heterocycles. The highest BCUT2D eigenvalue weighted by molar-refractivity contribution is 5.80. The van der Waals surface area contributed by atoms with Crippen LogP contribution in [-0.2, 0) is 14.3 Å². The van der Waals surface area contributed by atoms with Crippen molar-refractivity contribution in [3.63, 3.8) is 0 Å². The lowest BCUT2D eigenvalue weighted by atomic mass is 9.76. The van der Waals surface area contributed by atoms with E-state index in [4.69, 9.17) is 9.47 Å². The molecule has 0 N–H and O–H groups in total. The standard InChI is InChI=1S/C21H40O3/c1-6-11-19(15-18-12-9-10-13-18)21(8-3,24-16-17(4)5)20(22)23-14-7-2/h17-19H,6-16H2,1-5H3. The number of hydrogen-bond acceptors (Lipinski definition) is 3. The molecule has 0 aromatic heterocycles. The van der Waals surface area contributed by atoms with Gasteiger partial charge in [-0.15, -0.1) is 0 Å². The first-order valence-electron chi connectivity index (χ1n) is 10.3. The van der Waals surface area contributed by atoms with Crippen molar-refractivity contribution in [1.29, 1.82) is 0 Å². The van der Waals surface area contributed by atoms with Gasteiger partial charge in [-0.25, -0.2) is 4.79 Å². The number of carbonyl (C=O) groups excluding carboxylic acids is 1. The van der Waals surface area contributed by atoms with Crippen LogP contribution in [0.15, 0.2) is 0 Å². The minimum Gasteiger partial charge on any atom is -0.464 e. The van der Waals surface area contributed by atoms with Crippen molar-refractivity contribution >= 4 is 5.97 Å². The molecule has 3 heteroatoms. The van der Waals surface area contributed by atoms with Gasteiger partial charge in [0.25, 0.3) is 0 Å². The Balaban J connectivity index is 2.99. The molecule has 0 spiro atoms. The average molecular weight is 341 g/mol. The number of ether oxygens (including phenoxy) is 2. The first-order valence-corrected chi connectivity index (χ1v) is 10.3. The summed E-state index contributed by atoms with van der Waals surface area (Å²) in [4.78, 5) is 13.0. The first-order chi connectivity index (χ1) is 11.5. The van der Waals surface area contributed by atoms with E-state index in [9.17, 15) is 4.79 Å². The lowest BCUT2D eigenvalue weighted by molar-refractivity contribution is -0.186. The van der Waals surface area contributed by atoms with E-state index in [0.717, 1.165) is 31.6 Å². The van der Waals surface area contributed by atoms with Gasteiger partial charge >= 0.3 is 5.97 Å². The molecule has 0 aromatic rings. The molecule has 0 amide bonds. The second-order valence-corrected chi connectivity index (χ2v) is 7.96. The van der Waals surface area contributed by atoms with Gasteiger partial charge in [-0.05, 0) is 43.4 Å². The first kappa shape index (κ1) is 21.5. The summed E-state index contributed by atoms with van der Waals surface area (Å²) in [6.45, 7) is 11.7. The molecule has 0 bridgehead atoms. The molecule has 0 aliphatic heterocycles. The number of hydrogen-bond donors (Lipinski definition) is 0. The van der Waals surface area contributed by atoms with Gasteiger partial charge in [0.15, 0.2) is 5.60 Å². The molecule has 1 rings (SSSR count). The normalized spacial score (nSPS) is 19.4. The highest BCUT2D eigenvalue weighted by atomic mass is 16.6. The summed E-state index contributed by atoms with van der Waals surface area (Å²) in [6.07, 6.45) is 10.1. The molecule has 1 aliphatic carbocycles. The summed E-state index contributed by atoms with van der Waals surface area (Å²) in [6, 6.07) is 0. The van der Waals surface area contributed by atoms with Gasteiger partial charge in [-0.2, -0.15) is 0 Å². The molecule has 0 radical (unpaired) electrons. The largest absolute Gasteiger partial charge is 0.464 e. The van der Waals surface area contributed by atoms with Crippen LogP contribution in [0.2, 0.25) is 0 Å². The van der Waals surface area contributed by atoms with Crippen LogP contribution in [0.4, 0.5) is 0 Å². The van der Waals surface area contributed by atoms with E-state index in [1.165, 1.54) is 25.7 Å². The van der Waals surface area contributed by atoms with Crippen LogP contribution >= 0.6 is 0 Å². The second kappa shape index (κ2) is 11.1. The van der Waals surface area contributed by atoms with E-state index < -0.39 is 5.60 Å². The molecular weight excluding hydrogens is 300 g/mol. The van der Waals surface area contributed by atoms with Crippen LogP contribution in [0.3, 0.4) is 0 Å². The topological polar surface area (TPSA) is 35.5 Å². The van der Waals surface area contributed by atoms with Crippen molar-refractivity contribution in [2.45, 2.75) is 98.0 Å². The van der Waals surface area contributed by atoms with Gasteiger partial charge in [-0.3, -0.25) is 0 Å². The fourth-order valence-electron chi connectivity index (χ4n) is 4.05. The third kappa shape index (κ3) is 6.06. The zero-order valence-electron chi connectivity index (χ0n) is 16.7. The number of esters is 1. The Morgan fingerprint density at radius 2 is 1.79 bits per heavy atom. The van der Waals surface area contributed by atoms with Crippen molar-refractivity contribution in [2.24, 2.45) is 17.8 Å². The zero-order chi connectivity index (χ0) is 18.0. The summed E-state index contributed by atoms with van der Waals surface area (Å²) in [5.74, 6) is 1.33. The van der Waals surface area contributed by atoms with Crippen LogP contribution < -0.4 is 0 Å². The van der Waals surface area contributed by atoms with Crippen molar-refractivity contribution in [1.82, 2.24) is 0 Å². The minimum absolute atomic E-state index is 0.121. The zero-order valence-corrected chi connectivity index (χ0v) is 16.7. The monoisotopic (exact) mass is 340 g/mol. The minimum atomic E-state index is -0.752. The van der Waals surface area contributed by atoms with E-state index in [-0.39, 0.29) is 11.9 Å². The summed E-state index contributed by atoms with van der Waals surface area (Å²) < 4.78 is 12.0. The van der Waals surface area contributed by atoms with Crippen molar-refractivity contribution in [2.75, 3.05) is 13.2 Å². The molecule has 3 nitrogen and oxygen atoms in total. The van der Waals surface area contributed by atoms with Gasteiger partial charge in [-0.1, -0.05) is 66.7 Å². The van der Waals surface area contributed by atoms with Crippen LogP contribution in [0, 0.1) is 17.8 Å². The van der Waals surface area contributed by atoms with Crippen molar-refractivity contribution in [3.05, 3.63) is 0 Å². The van der Waals surface area contributed by atoms with E-state index in [1.807, 2.05) is 6.92 Å². The van der Waals surface area contributed by atoms with Crippen molar-refractivity contribution in [3.8, 4) is 0 Å². The Bertz CT molecular complexity index is 347. The predicted octanol–water partition coefficient (Wildman–Crippen LogP) is 5.76. The molecule has 2 unspecified atom stereocenters. The molecule has 2 atom stereocenters. The molecule has 0 aromatic carbocycles. The van der Waals surface area contributed by atoms with Gasteiger partial charge < -0.3 is 9.47 Å². The average Bonchev–Trinajstić information content (AvgIpc) is 3.06. The SMILES string of the molecule is CCCOC(=O)C(CC)(OCC(C)C)C(CCC)CC1CCCC1. The van der Waals surface area contributed by atoms with Crippen molar-refractivity contribution < 1.29 is 14.3 Å². The molecule has 1 fully saturated rings. The summed E-state index contributed by atoms with van der Waals surface area (Å²) in [5, 5.41) is 0.